The van der Waals surface area contributed by atoms with Crippen LogP contribution in [0.3, 0.4) is 0 Å². The average molecular weight is 344 g/mol. The lowest BCUT2D eigenvalue weighted by molar-refractivity contribution is 0.0789. The molecule has 6 heteroatoms. The Bertz CT molecular complexity index is 608. The number of pyridine rings is 1. The number of nitrogens with one attached hydrogen (secondary N) is 2. The summed E-state index contributed by atoms with van der Waals surface area (Å²) in [6.45, 7) is 5.39. The number of likely N-dealkylation sites (tertiary alicyclic amines) is 1. The molecule has 2 fully saturated rings. The maximum absolute atomic E-state index is 12.5. The Morgan fingerprint density at radius 1 is 1.08 bits per heavy atom. The standard InChI is InChI=1S/C19H28N4O2/c1-13-3-7-16(8-4-13)21-19(25)22-17-9-10-23(12-17)18(24)15-6-5-14(2)20-11-15/h5-6,11,13,16-17H,3-4,7-10,12H2,1-2H3,(H2,21,22,25)/t13?,16?,17-/m1/s1. The van der Waals surface area contributed by atoms with Gasteiger partial charge in [-0.05, 0) is 57.1 Å². The van der Waals surface area contributed by atoms with Crippen LogP contribution in [0.1, 0.15) is 55.1 Å². The van der Waals surface area contributed by atoms with Crippen LogP contribution in [0.4, 0.5) is 4.79 Å². The highest BCUT2D eigenvalue weighted by molar-refractivity contribution is 5.94. The van der Waals surface area contributed by atoms with E-state index in [4.69, 9.17) is 0 Å². The molecule has 0 bridgehead atoms. The summed E-state index contributed by atoms with van der Waals surface area (Å²) in [5.74, 6) is 0.755. The predicted molar refractivity (Wildman–Crippen MR) is 96.4 cm³/mol. The third-order valence-corrected chi connectivity index (χ3v) is 5.32. The molecule has 3 amide bonds. The Hall–Kier alpha value is -2.11. The van der Waals surface area contributed by atoms with E-state index in [1.54, 1.807) is 11.1 Å². The topological polar surface area (TPSA) is 74.3 Å². The van der Waals surface area contributed by atoms with Gasteiger partial charge in [-0.1, -0.05) is 6.92 Å². The fourth-order valence-electron chi connectivity index (χ4n) is 3.66. The summed E-state index contributed by atoms with van der Waals surface area (Å²) in [6.07, 6.45) is 6.90. The SMILES string of the molecule is Cc1ccc(C(=O)N2CC[C@@H](NC(=O)NC3CCC(C)CC3)C2)cn1. The third kappa shape index (κ3) is 4.71. The van der Waals surface area contributed by atoms with Crippen LogP contribution in [0.15, 0.2) is 18.3 Å². The average Bonchev–Trinajstić information content (AvgIpc) is 3.05. The van der Waals surface area contributed by atoms with E-state index >= 15 is 0 Å². The van der Waals surface area contributed by atoms with Gasteiger partial charge in [0.15, 0.2) is 0 Å². The molecule has 2 N–H and O–H groups in total. The van der Waals surface area contributed by atoms with E-state index in [1.807, 2.05) is 19.1 Å². The number of hydrogen-bond acceptors (Lipinski definition) is 3. The first-order chi connectivity index (χ1) is 12.0. The first-order valence-electron chi connectivity index (χ1n) is 9.30. The van der Waals surface area contributed by atoms with Crippen LogP contribution >= 0.6 is 0 Å². The van der Waals surface area contributed by atoms with Crippen molar-refractivity contribution in [3.8, 4) is 0 Å². The molecule has 0 unspecified atom stereocenters. The first-order valence-corrected chi connectivity index (χ1v) is 9.30. The maximum atomic E-state index is 12.5. The quantitative estimate of drug-likeness (QED) is 0.885. The van der Waals surface area contributed by atoms with Gasteiger partial charge in [-0.25, -0.2) is 4.79 Å². The maximum Gasteiger partial charge on any atom is 0.315 e. The largest absolute Gasteiger partial charge is 0.336 e. The number of carbonyl (C=O) groups is 2. The number of rotatable bonds is 3. The number of nitrogens with zero attached hydrogens (tertiary/aromatic N) is 2. The summed E-state index contributed by atoms with van der Waals surface area (Å²) < 4.78 is 0. The van der Waals surface area contributed by atoms with E-state index in [9.17, 15) is 9.59 Å². The van der Waals surface area contributed by atoms with Crippen LogP contribution < -0.4 is 10.6 Å². The molecule has 25 heavy (non-hydrogen) atoms. The summed E-state index contributed by atoms with van der Waals surface area (Å²) in [6, 6.07) is 3.86. The van der Waals surface area contributed by atoms with Gasteiger partial charge in [0.25, 0.3) is 5.91 Å². The Morgan fingerprint density at radius 2 is 1.80 bits per heavy atom. The second kappa shape index (κ2) is 7.85. The highest BCUT2D eigenvalue weighted by Gasteiger charge is 2.29. The molecule has 3 rings (SSSR count). The van der Waals surface area contributed by atoms with Crippen LogP contribution in [0.25, 0.3) is 0 Å². The van der Waals surface area contributed by atoms with Crippen LogP contribution in [0.2, 0.25) is 0 Å². The summed E-state index contributed by atoms with van der Waals surface area (Å²) in [5.41, 5.74) is 1.50. The molecule has 1 aliphatic heterocycles. The Morgan fingerprint density at radius 3 is 2.48 bits per heavy atom. The minimum Gasteiger partial charge on any atom is -0.336 e. The van der Waals surface area contributed by atoms with Gasteiger partial charge in [0.05, 0.1) is 5.56 Å². The van der Waals surface area contributed by atoms with Crippen molar-refractivity contribution in [3.63, 3.8) is 0 Å². The van der Waals surface area contributed by atoms with Crippen LogP contribution in [-0.2, 0) is 0 Å². The minimum absolute atomic E-state index is 0.0153. The Balaban J connectivity index is 1.45. The lowest BCUT2D eigenvalue weighted by Gasteiger charge is -2.27. The van der Waals surface area contributed by atoms with E-state index in [0.717, 1.165) is 30.9 Å². The highest BCUT2D eigenvalue weighted by atomic mass is 16.2. The molecule has 1 aromatic rings. The van der Waals surface area contributed by atoms with Gasteiger partial charge in [0, 0.05) is 37.1 Å². The molecule has 136 valence electrons. The molecule has 6 nitrogen and oxygen atoms in total. The van der Waals surface area contributed by atoms with E-state index in [1.165, 1.54) is 12.8 Å². The molecule has 0 spiro atoms. The zero-order valence-corrected chi connectivity index (χ0v) is 15.1. The monoisotopic (exact) mass is 344 g/mol. The molecule has 1 aromatic heterocycles. The highest BCUT2D eigenvalue weighted by Crippen LogP contribution is 2.23. The number of hydrogen-bond donors (Lipinski definition) is 2. The van der Waals surface area contributed by atoms with E-state index in [2.05, 4.69) is 22.5 Å². The summed E-state index contributed by atoms with van der Waals surface area (Å²) in [7, 11) is 0. The summed E-state index contributed by atoms with van der Waals surface area (Å²) in [4.78, 5) is 30.7. The fourth-order valence-corrected chi connectivity index (χ4v) is 3.66. The normalized spacial score (nSPS) is 26.3. The van der Waals surface area contributed by atoms with Crippen LogP contribution in [-0.4, -0.2) is 47.0 Å². The molecular weight excluding hydrogens is 316 g/mol. The van der Waals surface area contributed by atoms with E-state index < -0.39 is 0 Å². The second-order valence-corrected chi connectivity index (χ2v) is 7.50. The first kappa shape index (κ1) is 17.7. The van der Waals surface area contributed by atoms with Crippen molar-refractivity contribution in [2.24, 2.45) is 5.92 Å². The molecule has 1 aliphatic carbocycles. The van der Waals surface area contributed by atoms with Crippen molar-refractivity contribution in [3.05, 3.63) is 29.6 Å². The van der Waals surface area contributed by atoms with E-state index in [-0.39, 0.29) is 24.0 Å². The predicted octanol–water partition coefficient (Wildman–Crippen LogP) is 2.48. The Kier molecular flexibility index (Phi) is 5.56. The summed E-state index contributed by atoms with van der Waals surface area (Å²) >= 11 is 0. The smallest absolute Gasteiger partial charge is 0.315 e. The molecule has 1 saturated heterocycles. The van der Waals surface area contributed by atoms with Crippen molar-refractivity contribution in [2.45, 2.75) is 58.0 Å². The van der Waals surface area contributed by atoms with E-state index in [0.29, 0.717) is 18.7 Å². The van der Waals surface area contributed by atoms with Crippen LogP contribution in [0.5, 0.6) is 0 Å². The van der Waals surface area contributed by atoms with Gasteiger partial charge >= 0.3 is 6.03 Å². The second-order valence-electron chi connectivity index (χ2n) is 7.50. The van der Waals surface area contributed by atoms with Crippen molar-refractivity contribution in [1.82, 2.24) is 20.5 Å². The van der Waals surface area contributed by atoms with Crippen molar-refractivity contribution >= 4 is 11.9 Å². The molecule has 2 aliphatic rings. The van der Waals surface area contributed by atoms with Crippen molar-refractivity contribution in [1.29, 1.82) is 0 Å². The van der Waals surface area contributed by atoms with Gasteiger partial charge in [0.2, 0.25) is 0 Å². The molecule has 0 aromatic carbocycles. The third-order valence-electron chi connectivity index (χ3n) is 5.32. The number of carbonyl (C=O) groups excluding carboxylic acids is 2. The molecule has 1 atom stereocenters. The lowest BCUT2D eigenvalue weighted by atomic mass is 9.87. The van der Waals surface area contributed by atoms with Gasteiger partial charge < -0.3 is 15.5 Å². The molecule has 2 heterocycles. The van der Waals surface area contributed by atoms with Gasteiger partial charge in [0.1, 0.15) is 0 Å². The molecule has 0 radical (unpaired) electrons. The Labute approximate surface area is 149 Å². The van der Waals surface area contributed by atoms with Crippen molar-refractivity contribution in [2.75, 3.05) is 13.1 Å². The zero-order valence-electron chi connectivity index (χ0n) is 15.1. The number of urea groups is 1. The van der Waals surface area contributed by atoms with Crippen molar-refractivity contribution < 1.29 is 9.59 Å². The number of aromatic nitrogens is 1. The molecular formula is C19H28N4O2. The summed E-state index contributed by atoms with van der Waals surface area (Å²) in [5, 5.41) is 6.11. The minimum atomic E-state index is -0.101. The van der Waals surface area contributed by atoms with Crippen LogP contribution in [0, 0.1) is 12.8 Å². The fraction of sp³-hybridized carbons (Fsp3) is 0.632. The van der Waals surface area contributed by atoms with Gasteiger partial charge in [-0.3, -0.25) is 9.78 Å². The number of aryl methyl sites for hydroxylation is 1. The van der Waals surface area contributed by atoms with Gasteiger partial charge in [-0.15, -0.1) is 0 Å². The molecule has 1 saturated carbocycles. The van der Waals surface area contributed by atoms with Gasteiger partial charge in [-0.2, -0.15) is 0 Å². The number of amides is 3. The lowest BCUT2D eigenvalue weighted by Crippen LogP contribution is -2.48. The zero-order chi connectivity index (χ0) is 17.8.